The summed E-state index contributed by atoms with van der Waals surface area (Å²) < 4.78 is 24.7. The Hall–Kier alpha value is -1.00. The minimum absolute atomic E-state index is 0.0937. The third kappa shape index (κ3) is 3.75. The molecule has 0 aliphatic carbocycles. The lowest BCUT2D eigenvalue weighted by Gasteiger charge is -2.11. The van der Waals surface area contributed by atoms with Crippen molar-refractivity contribution in [3.05, 3.63) is 35.4 Å². The van der Waals surface area contributed by atoms with Crippen LogP contribution in [0.5, 0.6) is 0 Å². The minimum Gasteiger partial charge on any atom is -0.312 e. The molecule has 1 heterocycles. The molecule has 1 aromatic carbocycles. The summed E-state index contributed by atoms with van der Waals surface area (Å²) in [6, 6.07) is 6.56. The summed E-state index contributed by atoms with van der Waals surface area (Å²) in [5.41, 5.74) is 1.15. The second-order valence-corrected chi connectivity index (χ2v) is 5.09. The van der Waals surface area contributed by atoms with Gasteiger partial charge in [0.2, 0.25) is 0 Å². The van der Waals surface area contributed by atoms with Gasteiger partial charge in [-0.25, -0.2) is 8.78 Å². The first kappa shape index (κ1) is 13.4. The second-order valence-electron chi connectivity index (χ2n) is 5.09. The van der Waals surface area contributed by atoms with Gasteiger partial charge in [-0.1, -0.05) is 24.3 Å². The van der Waals surface area contributed by atoms with Crippen molar-refractivity contribution in [2.75, 3.05) is 26.7 Å². The van der Waals surface area contributed by atoms with Crippen molar-refractivity contribution >= 4 is 0 Å². The summed E-state index contributed by atoms with van der Waals surface area (Å²) in [6.45, 7) is 4.08. The quantitative estimate of drug-likeness (QED) is 0.869. The van der Waals surface area contributed by atoms with Gasteiger partial charge in [-0.05, 0) is 38.0 Å². The molecule has 1 aliphatic rings. The molecule has 0 radical (unpaired) electrons. The SMILES string of the molecule is CN1CCC(CNCc2ccc(C(F)F)cc2)C1. The van der Waals surface area contributed by atoms with Crippen molar-refractivity contribution in [3.63, 3.8) is 0 Å². The molecule has 2 nitrogen and oxygen atoms in total. The molecule has 0 amide bonds. The highest BCUT2D eigenvalue weighted by Crippen LogP contribution is 2.18. The number of likely N-dealkylation sites (tertiary alicyclic amines) is 1. The second kappa shape index (κ2) is 6.25. The fourth-order valence-corrected chi connectivity index (χ4v) is 2.39. The average molecular weight is 254 g/mol. The van der Waals surface area contributed by atoms with E-state index in [0.29, 0.717) is 0 Å². The summed E-state index contributed by atoms with van der Waals surface area (Å²) in [4.78, 5) is 2.34. The molecule has 100 valence electrons. The fourth-order valence-electron chi connectivity index (χ4n) is 2.39. The van der Waals surface area contributed by atoms with E-state index in [1.807, 2.05) is 0 Å². The standard InChI is InChI=1S/C14H20F2N2/c1-18-7-6-12(10-18)9-17-8-11-2-4-13(5-3-11)14(15)16/h2-5,12,14,17H,6-10H2,1H3. The molecule has 0 spiro atoms. The average Bonchev–Trinajstić information content (AvgIpc) is 2.76. The van der Waals surface area contributed by atoms with Crippen LogP contribution in [0.4, 0.5) is 8.78 Å². The smallest absolute Gasteiger partial charge is 0.263 e. The maximum absolute atomic E-state index is 12.4. The molecule has 1 N–H and O–H groups in total. The van der Waals surface area contributed by atoms with E-state index in [1.54, 1.807) is 12.1 Å². The number of rotatable bonds is 5. The molecule has 1 aromatic rings. The maximum atomic E-state index is 12.4. The van der Waals surface area contributed by atoms with Gasteiger partial charge in [0.15, 0.2) is 0 Å². The van der Waals surface area contributed by atoms with Crippen LogP contribution in [0.2, 0.25) is 0 Å². The molecule has 2 rings (SSSR count). The summed E-state index contributed by atoms with van der Waals surface area (Å²) >= 11 is 0. The van der Waals surface area contributed by atoms with Crippen molar-refractivity contribution in [3.8, 4) is 0 Å². The van der Waals surface area contributed by atoms with Gasteiger partial charge < -0.3 is 10.2 Å². The number of nitrogens with one attached hydrogen (secondary N) is 1. The van der Waals surface area contributed by atoms with E-state index in [0.717, 1.165) is 31.1 Å². The lowest BCUT2D eigenvalue weighted by molar-refractivity contribution is 0.151. The van der Waals surface area contributed by atoms with Gasteiger partial charge in [-0.2, -0.15) is 0 Å². The number of hydrogen-bond acceptors (Lipinski definition) is 2. The summed E-state index contributed by atoms with van der Waals surface area (Å²) in [5.74, 6) is 0.718. The Morgan fingerprint density at radius 2 is 2.06 bits per heavy atom. The highest BCUT2D eigenvalue weighted by molar-refractivity contribution is 5.23. The zero-order valence-corrected chi connectivity index (χ0v) is 10.7. The predicted octanol–water partition coefficient (Wildman–Crippen LogP) is 2.67. The van der Waals surface area contributed by atoms with Gasteiger partial charge in [0.05, 0.1) is 0 Å². The van der Waals surface area contributed by atoms with Gasteiger partial charge in [0, 0.05) is 18.7 Å². The van der Waals surface area contributed by atoms with Gasteiger partial charge in [0.1, 0.15) is 0 Å². The molecule has 0 bridgehead atoms. The van der Waals surface area contributed by atoms with Crippen molar-refractivity contribution in [1.29, 1.82) is 0 Å². The van der Waals surface area contributed by atoms with Crippen LogP contribution in [0.1, 0.15) is 24.0 Å². The first-order chi connectivity index (χ1) is 8.65. The van der Waals surface area contributed by atoms with Crippen molar-refractivity contribution in [2.24, 2.45) is 5.92 Å². The molecule has 18 heavy (non-hydrogen) atoms. The van der Waals surface area contributed by atoms with E-state index in [-0.39, 0.29) is 5.56 Å². The van der Waals surface area contributed by atoms with Gasteiger partial charge in [-0.3, -0.25) is 0 Å². The summed E-state index contributed by atoms with van der Waals surface area (Å²) in [6.07, 6.45) is -1.13. The minimum atomic E-state index is -2.37. The van der Waals surface area contributed by atoms with E-state index in [4.69, 9.17) is 0 Å². The third-order valence-corrected chi connectivity index (χ3v) is 3.48. The molecule has 1 unspecified atom stereocenters. The Morgan fingerprint density at radius 1 is 1.33 bits per heavy atom. The normalized spacial score (nSPS) is 20.8. The topological polar surface area (TPSA) is 15.3 Å². The Bertz CT molecular complexity index is 365. The molecule has 0 saturated carbocycles. The van der Waals surface area contributed by atoms with E-state index in [1.165, 1.54) is 25.1 Å². The number of nitrogens with zero attached hydrogens (tertiary/aromatic N) is 1. The molecule has 4 heteroatoms. The lowest BCUT2D eigenvalue weighted by Crippen LogP contribution is -2.24. The third-order valence-electron chi connectivity index (χ3n) is 3.48. The summed E-state index contributed by atoms with van der Waals surface area (Å²) in [5, 5.41) is 3.40. The van der Waals surface area contributed by atoms with Crippen LogP contribution in [-0.4, -0.2) is 31.6 Å². The number of benzene rings is 1. The molecule has 1 fully saturated rings. The van der Waals surface area contributed by atoms with Gasteiger partial charge >= 0.3 is 0 Å². The Labute approximate surface area is 107 Å². The van der Waals surface area contributed by atoms with Gasteiger partial charge in [-0.15, -0.1) is 0 Å². The first-order valence-corrected chi connectivity index (χ1v) is 6.41. The fraction of sp³-hybridized carbons (Fsp3) is 0.571. The summed E-state index contributed by atoms with van der Waals surface area (Å²) in [7, 11) is 2.14. The largest absolute Gasteiger partial charge is 0.312 e. The molecule has 1 atom stereocenters. The number of hydrogen-bond donors (Lipinski definition) is 1. The highest BCUT2D eigenvalue weighted by atomic mass is 19.3. The zero-order valence-electron chi connectivity index (χ0n) is 10.7. The van der Waals surface area contributed by atoms with Crippen LogP contribution >= 0.6 is 0 Å². The molecular formula is C14H20F2N2. The van der Waals surface area contributed by atoms with Crippen LogP contribution in [0.15, 0.2) is 24.3 Å². The Balaban J connectivity index is 1.73. The molecule has 0 aromatic heterocycles. The lowest BCUT2D eigenvalue weighted by atomic mass is 10.1. The number of halogens is 2. The van der Waals surface area contributed by atoms with Crippen LogP contribution < -0.4 is 5.32 Å². The molecular weight excluding hydrogens is 234 g/mol. The monoisotopic (exact) mass is 254 g/mol. The van der Waals surface area contributed by atoms with E-state index in [9.17, 15) is 8.78 Å². The van der Waals surface area contributed by atoms with E-state index in [2.05, 4.69) is 17.3 Å². The van der Waals surface area contributed by atoms with Crippen LogP contribution in [0.3, 0.4) is 0 Å². The Kier molecular flexibility index (Phi) is 4.66. The Morgan fingerprint density at radius 3 is 2.61 bits per heavy atom. The van der Waals surface area contributed by atoms with E-state index < -0.39 is 6.43 Å². The number of alkyl halides is 2. The van der Waals surface area contributed by atoms with Crippen LogP contribution in [-0.2, 0) is 6.54 Å². The van der Waals surface area contributed by atoms with Crippen molar-refractivity contribution < 1.29 is 8.78 Å². The molecule has 1 aliphatic heterocycles. The highest BCUT2D eigenvalue weighted by Gasteiger charge is 2.18. The van der Waals surface area contributed by atoms with E-state index >= 15 is 0 Å². The first-order valence-electron chi connectivity index (χ1n) is 6.41. The van der Waals surface area contributed by atoms with Gasteiger partial charge in [0.25, 0.3) is 6.43 Å². The van der Waals surface area contributed by atoms with Crippen LogP contribution in [0.25, 0.3) is 0 Å². The van der Waals surface area contributed by atoms with Crippen molar-refractivity contribution in [1.82, 2.24) is 10.2 Å². The van der Waals surface area contributed by atoms with Crippen molar-refractivity contribution in [2.45, 2.75) is 19.4 Å². The molecule has 1 saturated heterocycles. The maximum Gasteiger partial charge on any atom is 0.263 e. The predicted molar refractivity (Wildman–Crippen MR) is 68.7 cm³/mol. The zero-order chi connectivity index (χ0) is 13.0. The van der Waals surface area contributed by atoms with Crippen LogP contribution in [0, 0.1) is 5.92 Å².